The lowest BCUT2D eigenvalue weighted by atomic mass is 10.1. The molecule has 1 fully saturated rings. The molecule has 2 rings (SSSR count). The molecule has 0 bridgehead atoms. The smallest absolute Gasteiger partial charge is 0.0508 e. The lowest BCUT2D eigenvalue weighted by Gasteiger charge is -2.22. The first-order valence-electron chi connectivity index (χ1n) is 6.85. The third kappa shape index (κ3) is 3.48. The van der Waals surface area contributed by atoms with Gasteiger partial charge in [-0.15, -0.1) is 0 Å². The summed E-state index contributed by atoms with van der Waals surface area (Å²) in [5.41, 5.74) is 2.64. The predicted octanol–water partition coefficient (Wildman–Crippen LogP) is 3.97. The number of hydrogen-bond acceptors (Lipinski definition) is 2. The van der Waals surface area contributed by atoms with Crippen LogP contribution in [0.5, 0.6) is 0 Å². The molecular weight excluding hydrogens is 288 g/mol. The molecule has 2 nitrogen and oxygen atoms in total. The van der Waals surface area contributed by atoms with E-state index in [1.807, 2.05) is 0 Å². The van der Waals surface area contributed by atoms with E-state index in [-0.39, 0.29) is 0 Å². The van der Waals surface area contributed by atoms with Crippen molar-refractivity contribution in [2.45, 2.75) is 32.7 Å². The van der Waals surface area contributed by atoms with Gasteiger partial charge in [0.05, 0.1) is 5.69 Å². The second-order valence-corrected chi connectivity index (χ2v) is 6.17. The van der Waals surface area contributed by atoms with Gasteiger partial charge in [-0.3, -0.25) is 0 Å². The van der Waals surface area contributed by atoms with E-state index in [4.69, 9.17) is 0 Å². The van der Waals surface area contributed by atoms with Crippen LogP contribution >= 0.6 is 15.9 Å². The van der Waals surface area contributed by atoms with Crippen LogP contribution in [0.2, 0.25) is 0 Å². The van der Waals surface area contributed by atoms with Gasteiger partial charge in [-0.2, -0.15) is 0 Å². The quantitative estimate of drug-likeness (QED) is 0.855. The third-order valence-corrected chi connectivity index (χ3v) is 4.26. The van der Waals surface area contributed by atoms with Gasteiger partial charge in [0.1, 0.15) is 0 Å². The Kier molecular flexibility index (Phi) is 4.68. The van der Waals surface area contributed by atoms with Gasteiger partial charge in [0.2, 0.25) is 0 Å². The van der Waals surface area contributed by atoms with Crippen molar-refractivity contribution in [3.63, 3.8) is 0 Å². The molecule has 1 N–H and O–H groups in total. The number of nitrogens with one attached hydrogen (secondary N) is 1. The van der Waals surface area contributed by atoms with Crippen LogP contribution in [-0.2, 0) is 0 Å². The summed E-state index contributed by atoms with van der Waals surface area (Å²) in [5.74, 6) is 0.919. The molecule has 100 valence electrons. The fourth-order valence-corrected chi connectivity index (χ4v) is 3.01. The Morgan fingerprint density at radius 2 is 2.17 bits per heavy atom. The lowest BCUT2D eigenvalue weighted by molar-refractivity contribution is 0.598. The molecule has 1 aliphatic carbocycles. The molecule has 1 aliphatic rings. The minimum Gasteiger partial charge on any atom is -0.373 e. The van der Waals surface area contributed by atoms with Crippen molar-refractivity contribution in [1.82, 2.24) is 5.32 Å². The maximum atomic E-state index is 3.71. The molecule has 1 atom stereocenters. The van der Waals surface area contributed by atoms with Crippen molar-refractivity contribution in [2.75, 3.05) is 25.0 Å². The highest BCUT2D eigenvalue weighted by Crippen LogP contribution is 2.34. The molecule has 0 aliphatic heterocycles. The van der Waals surface area contributed by atoms with Gasteiger partial charge >= 0.3 is 0 Å². The van der Waals surface area contributed by atoms with Crippen LogP contribution in [0.1, 0.15) is 38.3 Å². The van der Waals surface area contributed by atoms with Crippen molar-refractivity contribution >= 4 is 21.6 Å². The van der Waals surface area contributed by atoms with Crippen molar-refractivity contribution in [1.29, 1.82) is 0 Å². The van der Waals surface area contributed by atoms with Gasteiger partial charge in [0, 0.05) is 24.1 Å². The van der Waals surface area contributed by atoms with Crippen molar-refractivity contribution in [2.24, 2.45) is 5.92 Å². The highest BCUT2D eigenvalue weighted by molar-refractivity contribution is 9.10. The van der Waals surface area contributed by atoms with Crippen LogP contribution in [0.15, 0.2) is 22.7 Å². The molecule has 18 heavy (non-hydrogen) atoms. The summed E-state index contributed by atoms with van der Waals surface area (Å²) in [5, 5.41) is 3.45. The summed E-state index contributed by atoms with van der Waals surface area (Å²) >= 11 is 3.71. The van der Waals surface area contributed by atoms with Crippen molar-refractivity contribution in [3.8, 4) is 0 Å². The number of anilines is 1. The van der Waals surface area contributed by atoms with Gasteiger partial charge in [-0.05, 0) is 65.9 Å². The number of nitrogens with zero attached hydrogens (tertiary/aromatic N) is 1. The SMILES string of the molecule is CCNC(C)c1ccc(N(C)CC2CC2)c(Br)c1. The average molecular weight is 311 g/mol. The number of rotatable bonds is 6. The molecule has 0 saturated heterocycles. The standard InChI is InChI=1S/C15H23BrN2/c1-4-17-11(2)13-7-8-15(14(16)9-13)18(3)10-12-5-6-12/h7-9,11-12,17H,4-6,10H2,1-3H3. The fraction of sp³-hybridized carbons (Fsp3) is 0.600. The van der Waals surface area contributed by atoms with E-state index in [1.165, 1.54) is 35.1 Å². The van der Waals surface area contributed by atoms with Crippen LogP contribution in [0.3, 0.4) is 0 Å². The highest BCUT2D eigenvalue weighted by Gasteiger charge is 2.23. The average Bonchev–Trinajstić information content (AvgIpc) is 3.12. The van der Waals surface area contributed by atoms with Gasteiger partial charge in [0.25, 0.3) is 0 Å². The first-order chi connectivity index (χ1) is 8.61. The maximum absolute atomic E-state index is 3.71. The summed E-state index contributed by atoms with van der Waals surface area (Å²) in [6.07, 6.45) is 2.80. The second-order valence-electron chi connectivity index (χ2n) is 5.31. The molecule has 1 saturated carbocycles. The number of benzene rings is 1. The van der Waals surface area contributed by atoms with Crippen LogP contribution < -0.4 is 10.2 Å². The molecule has 1 aromatic rings. The van der Waals surface area contributed by atoms with Gasteiger partial charge < -0.3 is 10.2 Å². The Bertz CT molecular complexity index is 401. The van der Waals surface area contributed by atoms with E-state index < -0.39 is 0 Å². The van der Waals surface area contributed by atoms with E-state index in [9.17, 15) is 0 Å². The number of halogens is 1. The Morgan fingerprint density at radius 1 is 1.44 bits per heavy atom. The highest BCUT2D eigenvalue weighted by atomic mass is 79.9. The summed E-state index contributed by atoms with van der Waals surface area (Å²) in [6.45, 7) is 6.53. The number of hydrogen-bond donors (Lipinski definition) is 1. The zero-order chi connectivity index (χ0) is 13.1. The minimum atomic E-state index is 0.411. The zero-order valence-corrected chi connectivity index (χ0v) is 13.1. The minimum absolute atomic E-state index is 0.411. The summed E-state index contributed by atoms with van der Waals surface area (Å²) < 4.78 is 1.20. The maximum Gasteiger partial charge on any atom is 0.0508 e. The summed E-state index contributed by atoms with van der Waals surface area (Å²) in [4.78, 5) is 2.36. The summed E-state index contributed by atoms with van der Waals surface area (Å²) in [6, 6.07) is 7.12. The second kappa shape index (κ2) is 6.07. The van der Waals surface area contributed by atoms with Crippen LogP contribution in [0, 0.1) is 5.92 Å². The van der Waals surface area contributed by atoms with Crippen molar-refractivity contribution < 1.29 is 0 Å². The van der Waals surface area contributed by atoms with E-state index >= 15 is 0 Å². The lowest BCUT2D eigenvalue weighted by Crippen LogP contribution is -2.21. The van der Waals surface area contributed by atoms with Crippen LogP contribution in [0.4, 0.5) is 5.69 Å². The van der Waals surface area contributed by atoms with Crippen LogP contribution in [0.25, 0.3) is 0 Å². The van der Waals surface area contributed by atoms with Crippen molar-refractivity contribution in [3.05, 3.63) is 28.2 Å². The van der Waals surface area contributed by atoms with Gasteiger partial charge in [0.15, 0.2) is 0 Å². The van der Waals surface area contributed by atoms with E-state index in [0.717, 1.165) is 12.5 Å². The molecule has 0 heterocycles. The Balaban J connectivity index is 2.08. The van der Waals surface area contributed by atoms with Gasteiger partial charge in [-0.1, -0.05) is 13.0 Å². The monoisotopic (exact) mass is 310 g/mol. The van der Waals surface area contributed by atoms with Crippen LogP contribution in [-0.4, -0.2) is 20.1 Å². The first kappa shape index (κ1) is 13.9. The Morgan fingerprint density at radius 3 is 2.72 bits per heavy atom. The zero-order valence-electron chi connectivity index (χ0n) is 11.5. The topological polar surface area (TPSA) is 15.3 Å². The molecule has 0 spiro atoms. The Labute approximate surface area is 119 Å². The normalized spacial score (nSPS) is 16.7. The van der Waals surface area contributed by atoms with E-state index in [2.05, 4.69) is 65.2 Å². The molecule has 3 heteroatoms. The Hall–Kier alpha value is -0.540. The molecule has 0 aromatic heterocycles. The molecule has 1 aromatic carbocycles. The van der Waals surface area contributed by atoms with Gasteiger partial charge in [-0.25, -0.2) is 0 Å². The largest absolute Gasteiger partial charge is 0.373 e. The third-order valence-electron chi connectivity index (χ3n) is 3.62. The molecular formula is C15H23BrN2. The summed E-state index contributed by atoms with van der Waals surface area (Å²) in [7, 11) is 2.19. The van der Waals surface area contributed by atoms with E-state index in [1.54, 1.807) is 0 Å². The molecule has 0 radical (unpaired) electrons. The van der Waals surface area contributed by atoms with E-state index in [0.29, 0.717) is 6.04 Å². The molecule has 0 amide bonds. The molecule has 1 unspecified atom stereocenters. The fourth-order valence-electron chi connectivity index (χ4n) is 2.31. The first-order valence-corrected chi connectivity index (χ1v) is 7.65. The predicted molar refractivity (Wildman–Crippen MR) is 82.2 cm³/mol.